The van der Waals surface area contributed by atoms with Gasteiger partial charge in [-0.15, -0.1) is 21.5 Å². The molecule has 8 heteroatoms. The lowest BCUT2D eigenvalue weighted by Gasteiger charge is -2.04. The van der Waals surface area contributed by atoms with Crippen LogP contribution in [0.1, 0.15) is 0 Å². The molecule has 0 saturated carbocycles. The minimum atomic E-state index is -0.383. The number of thiophene rings is 1. The van der Waals surface area contributed by atoms with Gasteiger partial charge in [0.25, 0.3) is 0 Å². The standard InChI is InChI=1S/C13H9ClN4OS2/c14-8-3-1-4-9(7-8)15-12(19)16-13-18-17-11(21-13)10-5-2-6-20-10/h1-7H,(H2,15,16,18,19). The first kappa shape index (κ1) is 14.0. The fraction of sp³-hybridized carbons (Fsp3) is 0. The molecule has 2 amide bonds. The maximum atomic E-state index is 11.9. The summed E-state index contributed by atoms with van der Waals surface area (Å²) in [4.78, 5) is 12.9. The molecule has 3 aromatic rings. The van der Waals surface area contributed by atoms with E-state index in [1.807, 2.05) is 17.5 Å². The van der Waals surface area contributed by atoms with E-state index in [0.29, 0.717) is 15.8 Å². The number of halogens is 1. The highest BCUT2D eigenvalue weighted by molar-refractivity contribution is 7.23. The van der Waals surface area contributed by atoms with Crippen LogP contribution in [0.25, 0.3) is 9.88 Å². The van der Waals surface area contributed by atoms with Crippen LogP contribution in [-0.2, 0) is 0 Å². The number of nitrogens with one attached hydrogen (secondary N) is 2. The summed E-state index contributed by atoms with van der Waals surface area (Å²) >= 11 is 8.76. The van der Waals surface area contributed by atoms with Crippen molar-refractivity contribution in [1.29, 1.82) is 0 Å². The zero-order valence-electron chi connectivity index (χ0n) is 10.5. The number of anilines is 2. The lowest BCUT2D eigenvalue weighted by Crippen LogP contribution is -2.19. The van der Waals surface area contributed by atoms with Crippen LogP contribution in [0.3, 0.4) is 0 Å². The molecule has 0 bridgehead atoms. The second kappa shape index (κ2) is 6.21. The monoisotopic (exact) mass is 336 g/mol. The third-order valence-corrected chi connectivity index (χ3v) is 4.57. The Morgan fingerprint density at radius 1 is 1.14 bits per heavy atom. The van der Waals surface area contributed by atoms with E-state index in [4.69, 9.17) is 11.6 Å². The summed E-state index contributed by atoms with van der Waals surface area (Å²) < 4.78 is 0. The Labute approximate surface area is 133 Å². The molecular weight excluding hydrogens is 328 g/mol. The van der Waals surface area contributed by atoms with Gasteiger partial charge in [-0.2, -0.15) is 0 Å². The first-order valence-electron chi connectivity index (χ1n) is 5.92. The van der Waals surface area contributed by atoms with Crippen LogP contribution in [0.5, 0.6) is 0 Å². The Balaban J connectivity index is 1.65. The van der Waals surface area contributed by atoms with Crippen LogP contribution in [0.15, 0.2) is 41.8 Å². The lowest BCUT2D eigenvalue weighted by atomic mass is 10.3. The summed E-state index contributed by atoms with van der Waals surface area (Å²) in [5.74, 6) is 0. The van der Waals surface area contributed by atoms with Gasteiger partial charge < -0.3 is 5.32 Å². The quantitative estimate of drug-likeness (QED) is 0.736. The van der Waals surface area contributed by atoms with Gasteiger partial charge in [-0.05, 0) is 29.6 Å². The minimum absolute atomic E-state index is 0.383. The molecule has 2 heterocycles. The van der Waals surface area contributed by atoms with E-state index in [1.54, 1.807) is 35.6 Å². The zero-order valence-corrected chi connectivity index (χ0v) is 12.9. The van der Waals surface area contributed by atoms with Crippen molar-refractivity contribution >= 4 is 51.1 Å². The van der Waals surface area contributed by atoms with Crippen LogP contribution in [0, 0.1) is 0 Å². The average Bonchev–Trinajstić information content (AvgIpc) is 3.08. The number of amides is 2. The smallest absolute Gasteiger partial charge is 0.308 e. The number of carbonyl (C=O) groups is 1. The van der Waals surface area contributed by atoms with E-state index in [0.717, 1.165) is 9.88 Å². The number of aromatic nitrogens is 2. The minimum Gasteiger partial charge on any atom is -0.308 e. The van der Waals surface area contributed by atoms with Gasteiger partial charge in [-0.3, -0.25) is 5.32 Å². The first-order valence-corrected chi connectivity index (χ1v) is 7.99. The number of hydrogen-bond donors (Lipinski definition) is 2. The zero-order chi connectivity index (χ0) is 14.7. The van der Waals surface area contributed by atoms with Crippen molar-refractivity contribution in [2.75, 3.05) is 10.6 Å². The van der Waals surface area contributed by atoms with Crippen molar-refractivity contribution in [3.8, 4) is 9.88 Å². The van der Waals surface area contributed by atoms with Crippen molar-refractivity contribution in [3.63, 3.8) is 0 Å². The van der Waals surface area contributed by atoms with Crippen molar-refractivity contribution in [1.82, 2.24) is 10.2 Å². The van der Waals surface area contributed by atoms with Gasteiger partial charge >= 0.3 is 6.03 Å². The van der Waals surface area contributed by atoms with E-state index >= 15 is 0 Å². The molecule has 3 rings (SSSR count). The van der Waals surface area contributed by atoms with E-state index in [9.17, 15) is 4.79 Å². The molecule has 0 aliphatic rings. The molecule has 0 saturated heterocycles. The molecular formula is C13H9ClN4OS2. The van der Waals surface area contributed by atoms with Gasteiger partial charge in [-0.1, -0.05) is 35.1 Å². The highest BCUT2D eigenvalue weighted by Crippen LogP contribution is 2.29. The second-order valence-corrected chi connectivity index (χ2v) is 6.34. The van der Waals surface area contributed by atoms with Gasteiger partial charge in [0.05, 0.1) is 4.88 Å². The fourth-order valence-electron chi connectivity index (χ4n) is 1.60. The topological polar surface area (TPSA) is 66.9 Å². The van der Waals surface area contributed by atoms with Crippen LogP contribution in [-0.4, -0.2) is 16.2 Å². The highest BCUT2D eigenvalue weighted by Gasteiger charge is 2.10. The third kappa shape index (κ3) is 3.57. The molecule has 0 aliphatic heterocycles. The number of hydrogen-bond acceptors (Lipinski definition) is 5. The van der Waals surface area contributed by atoms with Crippen molar-refractivity contribution in [2.45, 2.75) is 0 Å². The molecule has 0 unspecified atom stereocenters. The number of benzene rings is 1. The van der Waals surface area contributed by atoms with Crippen molar-refractivity contribution < 1.29 is 4.79 Å². The molecule has 1 aromatic carbocycles. The van der Waals surface area contributed by atoms with Crippen LogP contribution in [0.4, 0.5) is 15.6 Å². The number of urea groups is 1. The number of rotatable bonds is 3. The summed E-state index contributed by atoms with van der Waals surface area (Å²) in [5.41, 5.74) is 0.614. The summed E-state index contributed by atoms with van der Waals surface area (Å²) in [5, 5.41) is 17.1. The average molecular weight is 337 g/mol. The molecule has 0 aliphatic carbocycles. The largest absolute Gasteiger partial charge is 0.325 e. The predicted octanol–water partition coefficient (Wildman–Crippen LogP) is 4.56. The van der Waals surface area contributed by atoms with Crippen molar-refractivity contribution in [3.05, 3.63) is 46.8 Å². The van der Waals surface area contributed by atoms with Crippen molar-refractivity contribution in [2.24, 2.45) is 0 Å². The summed E-state index contributed by atoms with van der Waals surface area (Å²) in [6.45, 7) is 0. The summed E-state index contributed by atoms with van der Waals surface area (Å²) in [7, 11) is 0. The van der Waals surface area contributed by atoms with Gasteiger partial charge in [0, 0.05) is 10.7 Å². The van der Waals surface area contributed by atoms with E-state index in [1.165, 1.54) is 11.3 Å². The normalized spacial score (nSPS) is 10.3. The number of nitrogens with zero attached hydrogens (tertiary/aromatic N) is 2. The molecule has 5 nitrogen and oxygen atoms in total. The molecule has 21 heavy (non-hydrogen) atoms. The maximum Gasteiger partial charge on any atom is 0.325 e. The molecule has 0 spiro atoms. The second-order valence-electron chi connectivity index (χ2n) is 3.98. The molecule has 0 atom stereocenters. The Kier molecular flexibility index (Phi) is 4.14. The van der Waals surface area contributed by atoms with Gasteiger partial charge in [0.2, 0.25) is 5.13 Å². The van der Waals surface area contributed by atoms with Crippen LogP contribution >= 0.6 is 34.3 Å². The molecule has 106 valence electrons. The summed E-state index contributed by atoms with van der Waals surface area (Å²) in [6.07, 6.45) is 0. The Morgan fingerprint density at radius 2 is 2.05 bits per heavy atom. The molecule has 0 radical (unpaired) electrons. The first-order chi connectivity index (χ1) is 10.2. The SMILES string of the molecule is O=C(Nc1cccc(Cl)c1)Nc1nnc(-c2cccs2)s1. The van der Waals surface area contributed by atoms with Crippen LogP contribution < -0.4 is 10.6 Å². The van der Waals surface area contributed by atoms with E-state index in [-0.39, 0.29) is 6.03 Å². The Morgan fingerprint density at radius 3 is 2.81 bits per heavy atom. The van der Waals surface area contributed by atoms with Gasteiger partial charge in [-0.25, -0.2) is 4.79 Å². The third-order valence-electron chi connectivity index (χ3n) is 2.46. The molecule has 0 fully saturated rings. The van der Waals surface area contributed by atoms with Gasteiger partial charge in [0.15, 0.2) is 5.01 Å². The predicted molar refractivity (Wildman–Crippen MR) is 87.3 cm³/mol. The Bertz CT molecular complexity index is 757. The highest BCUT2D eigenvalue weighted by atomic mass is 35.5. The maximum absolute atomic E-state index is 11.9. The Hall–Kier alpha value is -1.96. The molecule has 2 aromatic heterocycles. The van der Waals surface area contributed by atoms with Gasteiger partial charge in [0.1, 0.15) is 0 Å². The lowest BCUT2D eigenvalue weighted by molar-refractivity contribution is 0.262. The van der Waals surface area contributed by atoms with E-state index < -0.39 is 0 Å². The van der Waals surface area contributed by atoms with E-state index in [2.05, 4.69) is 20.8 Å². The summed E-state index contributed by atoms with van der Waals surface area (Å²) in [6, 6.07) is 10.4. The molecule has 2 N–H and O–H groups in total. The fourth-order valence-corrected chi connectivity index (χ4v) is 3.32. The number of carbonyl (C=O) groups excluding carboxylic acids is 1. The van der Waals surface area contributed by atoms with Crippen LogP contribution in [0.2, 0.25) is 5.02 Å².